The van der Waals surface area contributed by atoms with Crippen molar-refractivity contribution in [2.75, 3.05) is 71.3 Å². The molecule has 6 aromatic rings. The normalized spacial score (nSPS) is 12.2. The van der Waals surface area contributed by atoms with Crippen molar-refractivity contribution >= 4 is 124 Å². The molecule has 1 aliphatic rings. The van der Waals surface area contributed by atoms with Gasteiger partial charge in [-0.1, -0.05) is 49.8 Å². The smallest absolute Gasteiger partial charge is 0.226 e. The van der Waals surface area contributed by atoms with Crippen LogP contribution in [-0.2, 0) is 5.41 Å². The van der Waals surface area contributed by atoms with E-state index in [-0.39, 0.29) is 57.1 Å². The van der Waals surface area contributed by atoms with Gasteiger partial charge in [0.2, 0.25) is 15.9 Å². The molecule has 0 saturated carbocycles. The number of rotatable bonds is 15. The van der Waals surface area contributed by atoms with E-state index in [0.29, 0.717) is 70.8 Å². The lowest BCUT2D eigenvalue weighted by molar-refractivity contribution is 0.310. The third kappa shape index (κ3) is 14.4. The summed E-state index contributed by atoms with van der Waals surface area (Å²) >= 11 is 30.8. The van der Waals surface area contributed by atoms with Crippen LogP contribution < -0.4 is 25.3 Å². The molecular formula is C46H46Br2Cl4F3N11O2. The van der Waals surface area contributed by atoms with E-state index in [1.54, 1.807) is 36.4 Å². The van der Waals surface area contributed by atoms with Crippen LogP contribution in [0.15, 0.2) is 106 Å². The van der Waals surface area contributed by atoms with E-state index in [0.717, 1.165) is 33.8 Å². The number of anilines is 8. The summed E-state index contributed by atoms with van der Waals surface area (Å²) in [5.74, 6) is 1.91. The molecule has 360 valence electrons. The topological polar surface area (TPSA) is 152 Å². The molecule has 7 rings (SSSR count). The number of hydrogen-bond donors (Lipinski definition) is 4. The monoisotopic (exact) mass is 1140 g/mol. The molecule has 0 aliphatic carbocycles. The van der Waals surface area contributed by atoms with Crippen LogP contribution in [0.2, 0.25) is 21.0 Å². The first-order valence-electron chi connectivity index (χ1n) is 20.5. The Morgan fingerprint density at radius 2 is 1.06 bits per heavy atom. The Morgan fingerprint density at radius 1 is 0.647 bits per heavy atom. The average molecular weight is 1140 g/mol. The summed E-state index contributed by atoms with van der Waals surface area (Å²) < 4.78 is 40.6. The van der Waals surface area contributed by atoms with E-state index in [4.69, 9.17) is 56.6 Å². The van der Waals surface area contributed by atoms with E-state index in [1.165, 1.54) is 36.4 Å². The highest BCUT2D eigenvalue weighted by Crippen LogP contribution is 2.46. The highest BCUT2D eigenvalue weighted by atomic mass is 79.9. The van der Waals surface area contributed by atoms with Gasteiger partial charge in [-0.25, -0.2) is 23.1 Å². The van der Waals surface area contributed by atoms with Crippen molar-refractivity contribution in [1.29, 1.82) is 0 Å². The first-order valence-corrected chi connectivity index (χ1v) is 23.6. The number of benzene rings is 3. The summed E-state index contributed by atoms with van der Waals surface area (Å²) in [6.07, 6.45) is 0. The molecule has 22 heteroatoms. The Morgan fingerprint density at radius 3 is 1.53 bits per heavy atom. The number of nitrogens with one attached hydrogen (secondary N) is 2. The lowest BCUT2D eigenvalue weighted by Crippen LogP contribution is -2.25. The molecule has 0 atom stereocenters. The van der Waals surface area contributed by atoms with E-state index >= 15 is 0 Å². The SMILES string of the molecule is C=C(C)CN(c1ccc(F)cc1)c1nc(Cl)nc(Cl)c1Br.C=C(C)CN(c1ccc(F)cc1)c1nc(Cl)nc(NCCO)c1Br.CC1(C)CN(c2ccc(F)cc2)c2nc(Cl)nc(NCCO)c21. The van der Waals surface area contributed by atoms with Gasteiger partial charge in [-0.2, -0.15) is 19.9 Å². The molecule has 0 radical (unpaired) electrons. The van der Waals surface area contributed by atoms with E-state index in [9.17, 15) is 13.2 Å². The summed E-state index contributed by atoms with van der Waals surface area (Å²) in [6, 6.07) is 18.4. The molecule has 4 heterocycles. The molecule has 0 fully saturated rings. The third-order valence-corrected chi connectivity index (χ3v) is 12.0. The molecule has 3 aromatic heterocycles. The number of halogens is 9. The van der Waals surface area contributed by atoms with Gasteiger partial charge in [0.15, 0.2) is 11.6 Å². The zero-order valence-corrected chi connectivity index (χ0v) is 43.3. The minimum absolute atomic E-state index is 0.00149. The average Bonchev–Trinajstić information content (AvgIpc) is 3.56. The van der Waals surface area contributed by atoms with Crippen LogP contribution in [-0.4, -0.2) is 86.1 Å². The lowest BCUT2D eigenvalue weighted by atomic mass is 9.88. The standard InChI is InChI=1S/C16H17BrClFN4O.C16H18ClFN4O.C14H11BrCl2FN3/c1-10(2)9-23(12-5-3-11(19)4-6-12)15-13(17)14(20-7-8-24)21-16(18)22-15;1-16(2)9-22(11-5-3-10(18)4-6-11)14-12(16)13(19-7-8-23)20-15(17)21-14;1-8(2)7-21(10-5-3-9(18)4-6-10)13-11(15)12(16)19-14(17)20-13/h3-6,24H,1,7-9H2,2H3,(H,20,21,22);3-6,23H,7-9H2,1-2H3,(H,19,20,21);3-6H,1,7H2,2H3. The molecule has 0 spiro atoms. The summed E-state index contributed by atoms with van der Waals surface area (Å²) in [4.78, 5) is 30.8. The van der Waals surface area contributed by atoms with E-state index < -0.39 is 0 Å². The highest BCUT2D eigenvalue weighted by molar-refractivity contribution is 9.11. The van der Waals surface area contributed by atoms with Crippen LogP contribution in [0.4, 0.5) is 59.3 Å². The van der Waals surface area contributed by atoms with Crippen LogP contribution in [0.5, 0.6) is 0 Å². The second-order valence-corrected chi connectivity index (χ2v) is 18.7. The van der Waals surface area contributed by atoms with Crippen molar-refractivity contribution in [2.45, 2.75) is 33.1 Å². The van der Waals surface area contributed by atoms with Crippen LogP contribution in [0.1, 0.15) is 33.3 Å². The first-order chi connectivity index (χ1) is 32.2. The number of fused-ring (bicyclic) bond motifs is 1. The minimum atomic E-state index is -0.320. The van der Waals surface area contributed by atoms with Gasteiger partial charge in [-0.3, -0.25) is 0 Å². The number of nitrogens with zero attached hydrogens (tertiary/aromatic N) is 9. The fraction of sp³-hybridized carbons (Fsp3) is 0.261. The van der Waals surface area contributed by atoms with Crippen molar-refractivity contribution in [3.63, 3.8) is 0 Å². The van der Waals surface area contributed by atoms with Crippen LogP contribution >= 0.6 is 78.3 Å². The van der Waals surface area contributed by atoms with Gasteiger partial charge in [-0.15, -0.1) is 0 Å². The molecule has 13 nitrogen and oxygen atoms in total. The molecule has 0 unspecified atom stereocenters. The zero-order chi connectivity index (χ0) is 49.9. The third-order valence-electron chi connectivity index (χ3n) is 9.51. The van der Waals surface area contributed by atoms with Gasteiger partial charge < -0.3 is 35.5 Å². The fourth-order valence-corrected chi connectivity index (χ4v) is 8.35. The second-order valence-electron chi connectivity index (χ2n) is 15.7. The van der Waals surface area contributed by atoms with Gasteiger partial charge in [0.25, 0.3) is 0 Å². The van der Waals surface area contributed by atoms with Crippen molar-refractivity contribution in [3.8, 4) is 0 Å². The molecule has 0 bridgehead atoms. The Labute approximate surface area is 429 Å². The Balaban J connectivity index is 0.000000191. The second kappa shape index (κ2) is 24.7. The quantitative estimate of drug-likeness (QED) is 0.0439. The summed E-state index contributed by atoms with van der Waals surface area (Å²) in [5.41, 5.74) is 4.85. The summed E-state index contributed by atoms with van der Waals surface area (Å²) in [7, 11) is 0. The van der Waals surface area contributed by atoms with Gasteiger partial charge in [0.05, 0.1) is 17.7 Å². The number of aliphatic hydroxyl groups is 2. The molecule has 68 heavy (non-hydrogen) atoms. The molecule has 4 N–H and O–H groups in total. The molecule has 3 aromatic carbocycles. The van der Waals surface area contributed by atoms with Crippen molar-refractivity contribution in [1.82, 2.24) is 29.9 Å². The molecule has 0 amide bonds. The van der Waals surface area contributed by atoms with E-state index in [1.807, 2.05) is 28.5 Å². The van der Waals surface area contributed by atoms with Crippen LogP contribution in [0.3, 0.4) is 0 Å². The number of aliphatic hydroxyl groups excluding tert-OH is 2. The van der Waals surface area contributed by atoms with Crippen molar-refractivity contribution in [3.05, 3.63) is 150 Å². The molecule has 1 aliphatic heterocycles. The molecular weight excluding hydrogens is 1100 g/mol. The highest BCUT2D eigenvalue weighted by Gasteiger charge is 2.40. The van der Waals surface area contributed by atoms with Gasteiger partial charge >= 0.3 is 0 Å². The fourth-order valence-electron chi connectivity index (χ4n) is 6.73. The Kier molecular flexibility index (Phi) is 19.6. The predicted molar refractivity (Wildman–Crippen MR) is 276 cm³/mol. The Hall–Kier alpha value is -4.79. The summed E-state index contributed by atoms with van der Waals surface area (Å²) in [6.45, 7) is 18.1. The zero-order valence-electron chi connectivity index (χ0n) is 37.1. The maximum atomic E-state index is 13.2. The Bertz CT molecular complexity index is 2710. The van der Waals surface area contributed by atoms with E-state index in [2.05, 4.69) is 99.4 Å². The number of aromatic nitrogens is 6. The maximum Gasteiger partial charge on any atom is 0.226 e. The van der Waals surface area contributed by atoms with Gasteiger partial charge in [-0.05, 0) is 153 Å². The van der Waals surface area contributed by atoms with Crippen molar-refractivity contribution in [2.24, 2.45) is 0 Å². The largest absolute Gasteiger partial charge is 0.395 e. The summed E-state index contributed by atoms with van der Waals surface area (Å²) in [5, 5.41) is 24.5. The van der Waals surface area contributed by atoms with Crippen LogP contribution in [0, 0.1) is 17.5 Å². The molecule has 0 saturated heterocycles. The maximum absolute atomic E-state index is 13.2. The lowest BCUT2D eigenvalue weighted by Gasteiger charge is -2.26. The predicted octanol–water partition coefficient (Wildman–Crippen LogP) is 12.7. The number of hydrogen-bond acceptors (Lipinski definition) is 13. The minimum Gasteiger partial charge on any atom is -0.395 e. The van der Waals surface area contributed by atoms with Gasteiger partial charge in [0.1, 0.15) is 44.5 Å². The van der Waals surface area contributed by atoms with Gasteiger partial charge in [0, 0.05) is 60.8 Å². The first kappa shape index (κ1) is 54.2. The van der Waals surface area contributed by atoms with Crippen molar-refractivity contribution < 1.29 is 23.4 Å². The van der Waals surface area contributed by atoms with Crippen LogP contribution in [0.25, 0.3) is 0 Å².